The van der Waals surface area contributed by atoms with Gasteiger partial charge in [0.15, 0.2) is 0 Å². The van der Waals surface area contributed by atoms with Crippen LogP contribution in [-0.2, 0) is 0 Å². The molecule has 0 aliphatic rings. The Morgan fingerprint density at radius 2 is 1.45 bits per heavy atom. The molecule has 0 heterocycles. The van der Waals surface area contributed by atoms with Gasteiger partial charge in [-0.25, -0.2) is 0 Å². The van der Waals surface area contributed by atoms with E-state index in [2.05, 4.69) is 0 Å². The van der Waals surface area contributed by atoms with Crippen LogP contribution in [0.15, 0.2) is 42.5 Å². The molecule has 106 valence electrons. The van der Waals surface area contributed by atoms with Crippen molar-refractivity contribution in [2.24, 2.45) is 0 Å². The summed E-state index contributed by atoms with van der Waals surface area (Å²) in [5.41, 5.74) is 2.49. The SMILES string of the molecule is Cc1cc(C)c(C(=O)[PH](O)(O)c2ccccc2)c(C)c1. The van der Waals surface area contributed by atoms with Gasteiger partial charge in [-0.05, 0) is 0 Å². The molecular formula is C16H19O3P. The Bertz CT molecular complexity index is 625. The molecule has 0 fully saturated rings. The molecule has 4 heteroatoms. The van der Waals surface area contributed by atoms with Crippen LogP contribution in [0.4, 0.5) is 0 Å². The first-order valence-electron chi connectivity index (χ1n) is 6.47. The summed E-state index contributed by atoms with van der Waals surface area (Å²) in [6, 6.07) is 12.1. The minimum atomic E-state index is -4.14. The Hall–Kier alpha value is -1.54. The number of aryl methyl sites for hydroxylation is 3. The zero-order chi connectivity index (χ0) is 14.9. The van der Waals surface area contributed by atoms with E-state index in [-0.39, 0.29) is 0 Å². The maximum absolute atomic E-state index is 12.6. The quantitative estimate of drug-likeness (QED) is 0.854. The summed E-state index contributed by atoms with van der Waals surface area (Å²) in [5, 5.41) is 0.310. The van der Waals surface area contributed by atoms with Gasteiger partial charge in [0.05, 0.1) is 0 Å². The van der Waals surface area contributed by atoms with Crippen molar-refractivity contribution in [2.75, 3.05) is 0 Å². The molecule has 0 radical (unpaired) electrons. The van der Waals surface area contributed by atoms with Gasteiger partial charge >= 0.3 is 119 Å². The molecule has 2 N–H and O–H groups in total. The Labute approximate surface area is 119 Å². The molecule has 3 nitrogen and oxygen atoms in total. The molecule has 0 amide bonds. The van der Waals surface area contributed by atoms with Gasteiger partial charge in [-0.2, -0.15) is 0 Å². The molecule has 2 aromatic rings. The molecule has 2 rings (SSSR count). The Morgan fingerprint density at radius 1 is 0.950 bits per heavy atom. The average Bonchev–Trinajstić information content (AvgIpc) is 2.38. The molecule has 20 heavy (non-hydrogen) atoms. The predicted octanol–water partition coefficient (Wildman–Crippen LogP) is 2.64. The van der Waals surface area contributed by atoms with Gasteiger partial charge in [0, 0.05) is 0 Å². The van der Waals surface area contributed by atoms with Gasteiger partial charge in [-0.15, -0.1) is 0 Å². The molecule has 0 saturated heterocycles. The third-order valence-electron chi connectivity index (χ3n) is 3.40. The topological polar surface area (TPSA) is 57.5 Å². The maximum atomic E-state index is 12.6. The van der Waals surface area contributed by atoms with E-state index in [4.69, 9.17) is 0 Å². The van der Waals surface area contributed by atoms with E-state index in [1.807, 2.05) is 32.9 Å². The number of hydrogen-bond donors (Lipinski definition) is 2. The fourth-order valence-electron chi connectivity index (χ4n) is 2.51. The fraction of sp³-hybridized carbons (Fsp3) is 0.188. The summed E-state index contributed by atoms with van der Waals surface area (Å²) in [6.45, 7) is 5.60. The predicted molar refractivity (Wildman–Crippen MR) is 83.8 cm³/mol. The van der Waals surface area contributed by atoms with Gasteiger partial charge in [0.25, 0.3) is 0 Å². The first kappa shape index (κ1) is 14.9. The standard InChI is InChI=1S/C16H19O3P/c1-11-9-12(2)15(13(3)10-11)16(17)20(18,19)14-7-5-4-6-8-14/h4-10,18-20H,1-3H3. The van der Waals surface area contributed by atoms with Crippen molar-refractivity contribution in [1.29, 1.82) is 0 Å². The van der Waals surface area contributed by atoms with Crippen LogP contribution in [0.2, 0.25) is 0 Å². The fourth-order valence-corrected chi connectivity index (χ4v) is 4.18. The van der Waals surface area contributed by atoms with Crippen molar-refractivity contribution in [3.63, 3.8) is 0 Å². The van der Waals surface area contributed by atoms with Crippen LogP contribution in [0.25, 0.3) is 0 Å². The van der Waals surface area contributed by atoms with Crippen LogP contribution in [0.1, 0.15) is 27.0 Å². The zero-order valence-corrected chi connectivity index (χ0v) is 12.8. The average molecular weight is 290 g/mol. The second-order valence-corrected chi connectivity index (χ2v) is 7.52. The van der Waals surface area contributed by atoms with Crippen molar-refractivity contribution in [3.05, 3.63) is 64.7 Å². The van der Waals surface area contributed by atoms with Crippen molar-refractivity contribution in [3.8, 4) is 0 Å². The Balaban J connectivity index is 2.52. The van der Waals surface area contributed by atoms with Crippen molar-refractivity contribution in [2.45, 2.75) is 20.8 Å². The molecule has 0 unspecified atom stereocenters. The molecular weight excluding hydrogens is 271 g/mol. The first-order valence-corrected chi connectivity index (χ1v) is 8.36. The number of carbonyl (C=O) groups is 1. The summed E-state index contributed by atoms with van der Waals surface area (Å²) < 4.78 is 0. The zero-order valence-electron chi connectivity index (χ0n) is 11.8. The number of carbonyl (C=O) groups excluding carboxylic acids is 1. The summed E-state index contributed by atoms with van der Waals surface area (Å²) in [5.74, 6) is 0. The van der Waals surface area contributed by atoms with Gasteiger partial charge in [0.2, 0.25) is 0 Å². The number of hydrogen-bond acceptors (Lipinski definition) is 3. The van der Waals surface area contributed by atoms with Crippen LogP contribution >= 0.6 is 7.72 Å². The summed E-state index contributed by atoms with van der Waals surface area (Å²) in [4.78, 5) is 33.3. The van der Waals surface area contributed by atoms with Crippen LogP contribution in [-0.4, -0.2) is 15.3 Å². The van der Waals surface area contributed by atoms with Gasteiger partial charge in [0.1, 0.15) is 0 Å². The van der Waals surface area contributed by atoms with E-state index in [9.17, 15) is 14.6 Å². The molecule has 0 aliphatic carbocycles. The van der Waals surface area contributed by atoms with E-state index in [0.717, 1.165) is 16.7 Å². The van der Waals surface area contributed by atoms with Gasteiger partial charge in [-0.1, -0.05) is 0 Å². The van der Waals surface area contributed by atoms with E-state index in [1.54, 1.807) is 30.3 Å². The second-order valence-electron chi connectivity index (χ2n) is 5.14. The second kappa shape index (κ2) is 5.45. The van der Waals surface area contributed by atoms with Gasteiger partial charge < -0.3 is 0 Å². The van der Waals surface area contributed by atoms with E-state index >= 15 is 0 Å². The van der Waals surface area contributed by atoms with Crippen LogP contribution in [0.3, 0.4) is 0 Å². The molecule has 2 aromatic carbocycles. The van der Waals surface area contributed by atoms with E-state index in [1.165, 1.54) is 0 Å². The molecule has 0 saturated carbocycles. The minimum absolute atomic E-state index is 0.310. The van der Waals surface area contributed by atoms with Gasteiger partial charge in [-0.3, -0.25) is 0 Å². The third kappa shape index (κ3) is 2.66. The Kier molecular flexibility index (Phi) is 4.05. The van der Waals surface area contributed by atoms with E-state index in [0.29, 0.717) is 10.9 Å². The van der Waals surface area contributed by atoms with Crippen molar-refractivity contribution >= 4 is 18.5 Å². The summed E-state index contributed by atoms with van der Waals surface area (Å²) in [7, 11) is -4.14. The van der Waals surface area contributed by atoms with E-state index < -0.39 is 13.2 Å². The number of rotatable bonds is 3. The molecule has 0 atom stereocenters. The van der Waals surface area contributed by atoms with Crippen LogP contribution in [0, 0.1) is 20.8 Å². The summed E-state index contributed by atoms with van der Waals surface area (Å²) in [6.07, 6.45) is 0. The van der Waals surface area contributed by atoms with Crippen molar-refractivity contribution in [1.82, 2.24) is 0 Å². The monoisotopic (exact) mass is 290 g/mol. The Morgan fingerprint density at radius 3 is 1.95 bits per heavy atom. The number of benzene rings is 2. The molecule has 0 aromatic heterocycles. The van der Waals surface area contributed by atoms with Crippen LogP contribution in [0.5, 0.6) is 0 Å². The van der Waals surface area contributed by atoms with Crippen molar-refractivity contribution < 1.29 is 14.6 Å². The molecule has 0 spiro atoms. The normalized spacial score (nSPS) is 12.2. The van der Waals surface area contributed by atoms with Crippen LogP contribution < -0.4 is 5.30 Å². The molecule has 0 aliphatic heterocycles. The molecule has 0 bridgehead atoms. The first-order chi connectivity index (χ1) is 9.34. The summed E-state index contributed by atoms with van der Waals surface area (Å²) >= 11 is 0. The third-order valence-corrected chi connectivity index (χ3v) is 5.42.